The first-order valence-corrected chi connectivity index (χ1v) is 9.70. The van der Waals surface area contributed by atoms with Crippen molar-refractivity contribution in [3.8, 4) is 0 Å². The molecule has 0 bridgehead atoms. The molecule has 2 aliphatic rings. The molecule has 6 nitrogen and oxygen atoms in total. The Kier molecular flexibility index (Phi) is 8.54. The van der Waals surface area contributed by atoms with Crippen LogP contribution in [0.2, 0.25) is 0 Å². The van der Waals surface area contributed by atoms with Gasteiger partial charge >= 0.3 is 0 Å². The van der Waals surface area contributed by atoms with Crippen LogP contribution in [0.3, 0.4) is 0 Å². The summed E-state index contributed by atoms with van der Waals surface area (Å²) in [6.45, 7) is 6.36. The summed E-state index contributed by atoms with van der Waals surface area (Å²) in [6.07, 6.45) is 3.37. The Morgan fingerprint density at radius 1 is 1.22 bits per heavy atom. The van der Waals surface area contributed by atoms with Gasteiger partial charge in [-0.15, -0.1) is 12.4 Å². The van der Waals surface area contributed by atoms with Crippen LogP contribution in [0.1, 0.15) is 43.0 Å². The van der Waals surface area contributed by atoms with Gasteiger partial charge in [0.15, 0.2) is 0 Å². The Labute approximate surface area is 167 Å². The maximum Gasteiger partial charge on any atom is 0.253 e. The number of likely N-dealkylation sites (tertiary alicyclic amines) is 1. The molecule has 2 N–H and O–H groups in total. The second-order valence-electron chi connectivity index (χ2n) is 7.11. The lowest BCUT2D eigenvalue weighted by atomic mass is 9.96. The Balaban J connectivity index is 0.00000261. The van der Waals surface area contributed by atoms with E-state index in [-0.39, 0.29) is 30.3 Å². The Morgan fingerprint density at radius 3 is 2.67 bits per heavy atom. The zero-order chi connectivity index (χ0) is 18.4. The molecule has 27 heavy (non-hydrogen) atoms. The van der Waals surface area contributed by atoms with E-state index in [9.17, 15) is 9.59 Å². The van der Waals surface area contributed by atoms with Crippen LogP contribution in [0.15, 0.2) is 24.3 Å². The molecule has 3 rings (SSSR count). The molecule has 2 amide bonds. The summed E-state index contributed by atoms with van der Waals surface area (Å²) in [6, 6.07) is 7.21. The fourth-order valence-electron chi connectivity index (χ4n) is 3.61. The summed E-state index contributed by atoms with van der Waals surface area (Å²) in [7, 11) is 0. The van der Waals surface area contributed by atoms with Crippen LogP contribution in [-0.4, -0.2) is 55.6 Å². The summed E-state index contributed by atoms with van der Waals surface area (Å²) in [5, 5.41) is 6.26. The number of rotatable bonds is 6. The average Bonchev–Trinajstić information content (AvgIpc) is 3.21. The van der Waals surface area contributed by atoms with Crippen LogP contribution >= 0.6 is 12.4 Å². The fraction of sp³-hybridized carbons (Fsp3) is 0.600. The minimum absolute atomic E-state index is 0. The quantitative estimate of drug-likeness (QED) is 0.776. The average molecular weight is 396 g/mol. The minimum Gasteiger partial charge on any atom is -0.368 e. The van der Waals surface area contributed by atoms with Crippen LogP contribution in [0.25, 0.3) is 0 Å². The van der Waals surface area contributed by atoms with Gasteiger partial charge in [-0.25, -0.2) is 0 Å². The Morgan fingerprint density at radius 2 is 2.00 bits per heavy atom. The minimum atomic E-state index is -0.370. The summed E-state index contributed by atoms with van der Waals surface area (Å²) in [5.41, 5.74) is 1.28. The number of halogens is 1. The number of carbonyl (C=O) groups is 2. The largest absolute Gasteiger partial charge is 0.368 e. The van der Waals surface area contributed by atoms with Gasteiger partial charge in [0.25, 0.3) is 11.8 Å². The second kappa shape index (κ2) is 10.6. The number of hydrogen-bond donors (Lipinski definition) is 2. The monoisotopic (exact) mass is 395 g/mol. The van der Waals surface area contributed by atoms with Gasteiger partial charge in [0.2, 0.25) is 0 Å². The number of carbonyl (C=O) groups excluding carboxylic acids is 2. The molecule has 1 aromatic rings. The van der Waals surface area contributed by atoms with Crippen molar-refractivity contribution in [1.82, 2.24) is 10.2 Å². The van der Waals surface area contributed by atoms with Crippen molar-refractivity contribution >= 4 is 29.9 Å². The molecule has 1 unspecified atom stereocenters. The lowest BCUT2D eigenvalue weighted by molar-refractivity contribution is -0.124. The van der Waals surface area contributed by atoms with Crippen molar-refractivity contribution in [3.05, 3.63) is 29.8 Å². The van der Waals surface area contributed by atoms with Crippen LogP contribution in [0.4, 0.5) is 5.69 Å². The zero-order valence-corrected chi connectivity index (χ0v) is 16.7. The van der Waals surface area contributed by atoms with Crippen molar-refractivity contribution in [2.45, 2.75) is 38.7 Å². The number of nitrogens with zero attached hydrogens (tertiary/aromatic N) is 1. The van der Waals surface area contributed by atoms with E-state index in [4.69, 9.17) is 4.74 Å². The van der Waals surface area contributed by atoms with E-state index in [1.54, 1.807) is 6.07 Å². The van der Waals surface area contributed by atoms with E-state index < -0.39 is 0 Å². The predicted molar refractivity (Wildman–Crippen MR) is 108 cm³/mol. The number of hydrogen-bond acceptors (Lipinski definition) is 4. The van der Waals surface area contributed by atoms with Gasteiger partial charge in [-0.2, -0.15) is 0 Å². The standard InChI is InChI=1S/C20H29N3O3.ClH/c1-2-21-14-15-8-10-23(11-9-15)20(25)16-5-3-6-17(13-16)22-19(24)18-7-4-12-26-18;/h3,5-6,13,15,18,21H,2,4,7-12,14H2,1H3,(H,22,24);1H. The van der Waals surface area contributed by atoms with Crippen LogP contribution < -0.4 is 10.6 Å². The molecule has 1 aromatic carbocycles. The second-order valence-corrected chi connectivity index (χ2v) is 7.11. The molecule has 0 radical (unpaired) electrons. The lowest BCUT2D eigenvalue weighted by Crippen LogP contribution is -2.40. The third-order valence-electron chi connectivity index (χ3n) is 5.18. The van der Waals surface area contributed by atoms with Crippen molar-refractivity contribution in [2.75, 3.05) is 38.1 Å². The van der Waals surface area contributed by atoms with E-state index in [0.29, 0.717) is 23.8 Å². The smallest absolute Gasteiger partial charge is 0.253 e. The normalized spacial score (nSPS) is 20.2. The molecule has 2 heterocycles. The number of amides is 2. The molecule has 2 fully saturated rings. The van der Waals surface area contributed by atoms with Gasteiger partial charge in [0.05, 0.1) is 0 Å². The highest BCUT2D eigenvalue weighted by molar-refractivity contribution is 5.98. The highest BCUT2D eigenvalue weighted by Gasteiger charge is 2.25. The molecule has 1 atom stereocenters. The third kappa shape index (κ3) is 5.92. The molecule has 150 valence electrons. The van der Waals surface area contributed by atoms with E-state index >= 15 is 0 Å². The summed E-state index contributed by atoms with van der Waals surface area (Å²) < 4.78 is 5.41. The van der Waals surface area contributed by atoms with Crippen molar-refractivity contribution in [1.29, 1.82) is 0 Å². The van der Waals surface area contributed by atoms with E-state index in [1.807, 2.05) is 23.1 Å². The topological polar surface area (TPSA) is 70.7 Å². The van der Waals surface area contributed by atoms with Gasteiger partial charge in [-0.1, -0.05) is 13.0 Å². The molecule has 7 heteroatoms. The molecule has 0 spiro atoms. The third-order valence-corrected chi connectivity index (χ3v) is 5.18. The van der Waals surface area contributed by atoms with Gasteiger partial charge < -0.3 is 20.3 Å². The van der Waals surface area contributed by atoms with E-state index in [2.05, 4.69) is 17.6 Å². The lowest BCUT2D eigenvalue weighted by Gasteiger charge is -2.32. The van der Waals surface area contributed by atoms with Crippen LogP contribution in [-0.2, 0) is 9.53 Å². The summed E-state index contributed by atoms with van der Waals surface area (Å²) in [5.74, 6) is 0.562. The number of piperidine rings is 1. The number of ether oxygens (including phenoxy) is 1. The van der Waals surface area contributed by atoms with Crippen molar-refractivity contribution in [2.24, 2.45) is 5.92 Å². The first-order chi connectivity index (χ1) is 12.7. The van der Waals surface area contributed by atoms with Crippen molar-refractivity contribution in [3.63, 3.8) is 0 Å². The number of benzene rings is 1. The fourth-order valence-corrected chi connectivity index (χ4v) is 3.61. The Bertz CT molecular complexity index is 627. The maximum atomic E-state index is 12.8. The number of anilines is 1. The molecule has 2 saturated heterocycles. The SMILES string of the molecule is CCNCC1CCN(C(=O)c2cccc(NC(=O)C3CCCO3)c2)CC1.Cl. The van der Waals surface area contributed by atoms with E-state index in [1.165, 1.54) is 0 Å². The predicted octanol–water partition coefficient (Wildman–Crippen LogP) is 2.69. The van der Waals surface area contributed by atoms with E-state index in [0.717, 1.165) is 51.9 Å². The first kappa shape index (κ1) is 21.7. The first-order valence-electron chi connectivity index (χ1n) is 9.70. The van der Waals surface area contributed by atoms with Gasteiger partial charge in [-0.05, 0) is 62.9 Å². The maximum absolute atomic E-state index is 12.8. The van der Waals surface area contributed by atoms with Crippen molar-refractivity contribution < 1.29 is 14.3 Å². The molecule has 0 aliphatic carbocycles. The zero-order valence-electron chi connectivity index (χ0n) is 15.9. The van der Waals surface area contributed by atoms with Crippen LogP contribution in [0.5, 0.6) is 0 Å². The summed E-state index contributed by atoms with van der Waals surface area (Å²) >= 11 is 0. The molecule has 2 aliphatic heterocycles. The highest BCUT2D eigenvalue weighted by Crippen LogP contribution is 2.21. The van der Waals surface area contributed by atoms with Crippen LogP contribution in [0, 0.1) is 5.92 Å². The Hall–Kier alpha value is -1.63. The molecular formula is C20H30ClN3O3. The van der Waals surface area contributed by atoms with Gasteiger partial charge in [0.1, 0.15) is 6.10 Å². The molecule has 0 saturated carbocycles. The summed E-state index contributed by atoms with van der Waals surface area (Å²) in [4.78, 5) is 26.9. The van der Waals surface area contributed by atoms with Gasteiger partial charge in [0, 0.05) is 30.9 Å². The molecular weight excluding hydrogens is 366 g/mol. The molecule has 0 aromatic heterocycles. The van der Waals surface area contributed by atoms with Gasteiger partial charge in [-0.3, -0.25) is 9.59 Å². The number of nitrogens with one attached hydrogen (secondary N) is 2. The highest BCUT2D eigenvalue weighted by atomic mass is 35.5.